The van der Waals surface area contributed by atoms with E-state index in [0.717, 1.165) is 36.6 Å². The zero-order chi connectivity index (χ0) is 13.9. The molecule has 0 radical (unpaired) electrons. The second-order valence-electron chi connectivity index (χ2n) is 5.62. The highest BCUT2D eigenvalue weighted by Gasteiger charge is 2.24. The molecular weight excluding hydrogens is 252 g/mol. The summed E-state index contributed by atoms with van der Waals surface area (Å²) in [6.45, 7) is 5.59. The largest absolute Gasteiger partial charge is 0.490 e. The van der Waals surface area contributed by atoms with Crippen molar-refractivity contribution in [3.05, 3.63) is 23.8 Å². The lowest BCUT2D eigenvalue weighted by molar-refractivity contribution is 0.0809. The molecule has 2 aliphatic heterocycles. The normalized spacial score (nSPS) is 20.4. The lowest BCUT2D eigenvalue weighted by Crippen LogP contribution is -2.42. The fourth-order valence-electron chi connectivity index (χ4n) is 3.01. The molecule has 1 aromatic carbocycles. The number of nitrogens with zero attached hydrogens (tertiary/aromatic N) is 1. The highest BCUT2D eigenvalue weighted by molar-refractivity contribution is 6.01. The second-order valence-corrected chi connectivity index (χ2v) is 5.62. The molecule has 0 saturated carbocycles. The average Bonchev–Trinajstić information content (AvgIpc) is 2.54. The third-order valence-electron chi connectivity index (χ3n) is 4.26. The van der Waals surface area contributed by atoms with Crippen LogP contribution in [-0.4, -0.2) is 43.0 Å². The van der Waals surface area contributed by atoms with Gasteiger partial charge in [0.2, 0.25) is 0 Å². The maximum Gasteiger partial charge on any atom is 0.179 e. The Kier molecular flexibility index (Phi) is 3.92. The Morgan fingerprint density at radius 2 is 2.10 bits per heavy atom. The molecule has 2 aliphatic rings. The molecule has 0 spiro atoms. The second kappa shape index (κ2) is 5.83. The SMILES string of the molecule is CC(C(=O)c1ccc2c(c1)NCCO2)N1CCCCC1. The van der Waals surface area contributed by atoms with E-state index in [9.17, 15) is 4.79 Å². The van der Waals surface area contributed by atoms with Crippen LogP contribution in [0.3, 0.4) is 0 Å². The number of ether oxygens (including phenoxy) is 1. The summed E-state index contributed by atoms with van der Waals surface area (Å²) >= 11 is 0. The number of carbonyl (C=O) groups excluding carboxylic acids is 1. The molecule has 3 rings (SSSR count). The number of ketones is 1. The van der Waals surface area contributed by atoms with Gasteiger partial charge in [-0.1, -0.05) is 6.42 Å². The molecule has 2 heterocycles. The van der Waals surface area contributed by atoms with Gasteiger partial charge in [-0.05, 0) is 51.1 Å². The Morgan fingerprint density at radius 3 is 2.90 bits per heavy atom. The van der Waals surface area contributed by atoms with Crippen LogP contribution in [0.2, 0.25) is 0 Å². The Morgan fingerprint density at radius 1 is 1.30 bits per heavy atom. The van der Waals surface area contributed by atoms with Crippen molar-refractivity contribution in [2.75, 3.05) is 31.6 Å². The topological polar surface area (TPSA) is 41.6 Å². The van der Waals surface area contributed by atoms with Crippen LogP contribution in [0.1, 0.15) is 36.5 Å². The maximum atomic E-state index is 12.6. The number of hydrogen-bond acceptors (Lipinski definition) is 4. The number of piperidine rings is 1. The van der Waals surface area contributed by atoms with Crippen LogP contribution in [0.4, 0.5) is 5.69 Å². The molecule has 1 aromatic rings. The summed E-state index contributed by atoms with van der Waals surface area (Å²) in [5.41, 5.74) is 1.72. The van der Waals surface area contributed by atoms with Gasteiger partial charge in [-0.25, -0.2) is 0 Å². The Bertz CT molecular complexity index is 495. The summed E-state index contributed by atoms with van der Waals surface area (Å²) in [4.78, 5) is 14.9. The Labute approximate surface area is 120 Å². The van der Waals surface area contributed by atoms with Crippen molar-refractivity contribution in [1.82, 2.24) is 4.90 Å². The first-order valence-corrected chi connectivity index (χ1v) is 7.55. The Hall–Kier alpha value is -1.55. The number of rotatable bonds is 3. The van der Waals surface area contributed by atoms with E-state index in [-0.39, 0.29) is 11.8 Å². The van der Waals surface area contributed by atoms with Gasteiger partial charge in [-0.3, -0.25) is 9.69 Å². The molecule has 4 heteroatoms. The first kappa shape index (κ1) is 13.4. The van der Waals surface area contributed by atoms with Crippen molar-refractivity contribution in [1.29, 1.82) is 0 Å². The molecular formula is C16H22N2O2. The Balaban J connectivity index is 1.75. The minimum absolute atomic E-state index is 0.0298. The van der Waals surface area contributed by atoms with Crippen molar-refractivity contribution < 1.29 is 9.53 Å². The number of carbonyl (C=O) groups is 1. The average molecular weight is 274 g/mol. The summed E-state index contributed by atoms with van der Waals surface area (Å²) in [7, 11) is 0. The van der Waals surface area contributed by atoms with Crippen molar-refractivity contribution in [3.63, 3.8) is 0 Å². The monoisotopic (exact) mass is 274 g/mol. The van der Waals surface area contributed by atoms with Crippen LogP contribution in [-0.2, 0) is 0 Å². The number of Topliss-reactive ketones (excluding diaryl/α,β-unsaturated/α-hetero) is 1. The molecule has 1 saturated heterocycles. The van der Waals surface area contributed by atoms with Gasteiger partial charge in [0.05, 0.1) is 11.7 Å². The van der Waals surface area contributed by atoms with Crippen LogP contribution in [0, 0.1) is 0 Å². The summed E-state index contributed by atoms with van der Waals surface area (Å²) in [6.07, 6.45) is 3.70. The summed E-state index contributed by atoms with van der Waals surface area (Å²) in [5.74, 6) is 1.06. The van der Waals surface area contributed by atoms with Gasteiger partial charge in [0.25, 0.3) is 0 Å². The lowest BCUT2D eigenvalue weighted by atomic mass is 10.0. The molecule has 1 unspecified atom stereocenters. The van der Waals surface area contributed by atoms with Crippen molar-refractivity contribution in [2.45, 2.75) is 32.2 Å². The van der Waals surface area contributed by atoms with Crippen LogP contribution in [0.15, 0.2) is 18.2 Å². The standard InChI is InChI=1S/C16H22N2O2/c1-12(18-8-3-2-4-9-18)16(19)13-5-6-15-14(11-13)17-7-10-20-15/h5-6,11-12,17H,2-4,7-10H2,1H3. The fourth-order valence-corrected chi connectivity index (χ4v) is 3.01. The first-order valence-electron chi connectivity index (χ1n) is 7.55. The first-order chi connectivity index (χ1) is 9.75. The van der Waals surface area contributed by atoms with Crippen molar-refractivity contribution >= 4 is 11.5 Å². The molecule has 0 aromatic heterocycles. The van der Waals surface area contributed by atoms with E-state index in [1.165, 1.54) is 19.3 Å². The van der Waals surface area contributed by atoms with Gasteiger partial charge >= 0.3 is 0 Å². The molecule has 1 N–H and O–H groups in total. The van der Waals surface area contributed by atoms with Crippen LogP contribution in [0.25, 0.3) is 0 Å². The predicted molar refractivity (Wildman–Crippen MR) is 79.6 cm³/mol. The van der Waals surface area contributed by atoms with E-state index < -0.39 is 0 Å². The molecule has 20 heavy (non-hydrogen) atoms. The third kappa shape index (κ3) is 2.66. The third-order valence-corrected chi connectivity index (χ3v) is 4.26. The smallest absolute Gasteiger partial charge is 0.179 e. The van der Waals surface area contributed by atoms with Gasteiger partial charge in [0, 0.05) is 12.1 Å². The van der Waals surface area contributed by atoms with Crippen LogP contribution >= 0.6 is 0 Å². The minimum atomic E-state index is -0.0298. The predicted octanol–water partition coefficient (Wildman–Crippen LogP) is 2.55. The summed E-state index contributed by atoms with van der Waals surface area (Å²) < 4.78 is 5.55. The quantitative estimate of drug-likeness (QED) is 0.860. The van der Waals surface area contributed by atoms with Crippen LogP contribution < -0.4 is 10.1 Å². The molecule has 0 bridgehead atoms. The van der Waals surface area contributed by atoms with Gasteiger partial charge < -0.3 is 10.1 Å². The fraction of sp³-hybridized carbons (Fsp3) is 0.562. The van der Waals surface area contributed by atoms with E-state index in [4.69, 9.17) is 4.74 Å². The maximum absolute atomic E-state index is 12.6. The number of likely N-dealkylation sites (tertiary alicyclic amines) is 1. The lowest BCUT2D eigenvalue weighted by Gasteiger charge is -2.31. The molecule has 4 nitrogen and oxygen atoms in total. The highest BCUT2D eigenvalue weighted by atomic mass is 16.5. The van der Waals surface area contributed by atoms with Gasteiger partial charge in [0.1, 0.15) is 12.4 Å². The molecule has 0 amide bonds. The van der Waals surface area contributed by atoms with E-state index in [1.807, 2.05) is 25.1 Å². The van der Waals surface area contributed by atoms with E-state index >= 15 is 0 Å². The number of benzene rings is 1. The van der Waals surface area contributed by atoms with Crippen LogP contribution in [0.5, 0.6) is 5.75 Å². The zero-order valence-corrected chi connectivity index (χ0v) is 12.0. The zero-order valence-electron chi connectivity index (χ0n) is 12.0. The van der Waals surface area contributed by atoms with E-state index in [1.54, 1.807) is 0 Å². The summed E-state index contributed by atoms with van der Waals surface area (Å²) in [6, 6.07) is 5.68. The van der Waals surface area contributed by atoms with Gasteiger partial charge in [0.15, 0.2) is 5.78 Å². The molecule has 1 atom stereocenters. The number of anilines is 1. The number of hydrogen-bond donors (Lipinski definition) is 1. The van der Waals surface area contributed by atoms with Crippen molar-refractivity contribution in [3.8, 4) is 5.75 Å². The van der Waals surface area contributed by atoms with Gasteiger partial charge in [-0.2, -0.15) is 0 Å². The minimum Gasteiger partial charge on any atom is -0.490 e. The number of fused-ring (bicyclic) bond motifs is 1. The van der Waals surface area contributed by atoms with Gasteiger partial charge in [-0.15, -0.1) is 0 Å². The molecule has 108 valence electrons. The van der Waals surface area contributed by atoms with E-state index in [0.29, 0.717) is 6.61 Å². The highest BCUT2D eigenvalue weighted by Crippen LogP contribution is 2.29. The van der Waals surface area contributed by atoms with Crippen molar-refractivity contribution in [2.24, 2.45) is 0 Å². The van der Waals surface area contributed by atoms with E-state index in [2.05, 4.69) is 10.2 Å². The summed E-state index contributed by atoms with van der Waals surface area (Å²) in [5, 5.41) is 3.29. The molecule has 1 fully saturated rings. The molecule has 0 aliphatic carbocycles. The number of nitrogens with one attached hydrogen (secondary N) is 1.